The number of imidazole rings is 1. The number of hydrogen-bond donors (Lipinski definition) is 0. The first-order chi connectivity index (χ1) is 7.86. The minimum absolute atomic E-state index is 0.831. The van der Waals surface area contributed by atoms with E-state index in [1.807, 2.05) is 12.3 Å². The number of aryl methyl sites for hydroxylation is 1. The summed E-state index contributed by atoms with van der Waals surface area (Å²) in [7, 11) is 0. The van der Waals surface area contributed by atoms with Crippen molar-refractivity contribution in [3.05, 3.63) is 30.9 Å². The molecule has 0 aliphatic carbocycles. The lowest BCUT2D eigenvalue weighted by Crippen LogP contribution is -2.01. The highest BCUT2D eigenvalue weighted by Gasteiger charge is 2.08. The molecule has 0 fully saturated rings. The molecule has 0 N–H and O–H groups in total. The third-order valence-corrected chi connectivity index (χ3v) is 3.12. The van der Waals surface area contributed by atoms with Crippen molar-refractivity contribution in [2.45, 2.75) is 24.9 Å². The van der Waals surface area contributed by atoms with Crippen molar-refractivity contribution in [1.82, 2.24) is 19.6 Å². The van der Waals surface area contributed by atoms with E-state index in [1.165, 1.54) is 0 Å². The number of thioether (sulfide) groups is 1. The first-order valence-electron chi connectivity index (χ1n) is 5.28. The van der Waals surface area contributed by atoms with Gasteiger partial charge in [-0.05, 0) is 6.42 Å². The summed E-state index contributed by atoms with van der Waals surface area (Å²) < 4.78 is 2.07. The molecule has 2 rings (SSSR count). The second kappa shape index (κ2) is 5.12. The Bertz CT molecular complexity index is 492. The van der Waals surface area contributed by atoms with Gasteiger partial charge in [-0.15, -0.1) is 11.7 Å². The molecule has 84 valence electrons. The molecule has 2 aromatic rings. The molecule has 0 saturated heterocycles. The van der Waals surface area contributed by atoms with Gasteiger partial charge in [-0.3, -0.25) is 4.40 Å². The van der Waals surface area contributed by atoms with E-state index in [9.17, 15) is 0 Å². The molecule has 4 nitrogen and oxygen atoms in total. The molecule has 0 bridgehead atoms. The van der Waals surface area contributed by atoms with Crippen LogP contribution in [0, 0.1) is 0 Å². The zero-order valence-corrected chi connectivity index (χ0v) is 10.1. The van der Waals surface area contributed by atoms with Gasteiger partial charge in [-0.25, -0.2) is 4.98 Å². The molecule has 0 aromatic carbocycles. The van der Waals surface area contributed by atoms with Crippen LogP contribution >= 0.6 is 11.8 Å². The summed E-state index contributed by atoms with van der Waals surface area (Å²) in [5, 5.41) is 9.01. The van der Waals surface area contributed by atoms with Crippen LogP contribution in [0.25, 0.3) is 5.52 Å². The summed E-state index contributed by atoms with van der Waals surface area (Å²) >= 11 is 1.63. The number of aromatic nitrogens is 4. The highest BCUT2D eigenvalue weighted by atomic mass is 32.2. The molecule has 0 radical (unpaired) electrons. The van der Waals surface area contributed by atoms with E-state index in [2.05, 4.69) is 33.1 Å². The SMILES string of the molecule is C=CCSc1nncc2cnc(CCC)n12. The molecular formula is C11H14N4S. The monoisotopic (exact) mass is 234 g/mol. The number of hydrogen-bond acceptors (Lipinski definition) is 4. The van der Waals surface area contributed by atoms with E-state index in [0.717, 1.165) is 35.1 Å². The normalized spacial score (nSPS) is 10.8. The van der Waals surface area contributed by atoms with Gasteiger partial charge < -0.3 is 0 Å². The van der Waals surface area contributed by atoms with Gasteiger partial charge in [0.1, 0.15) is 5.82 Å². The van der Waals surface area contributed by atoms with Crippen LogP contribution in [0.15, 0.2) is 30.2 Å². The molecule has 0 atom stereocenters. The zero-order valence-electron chi connectivity index (χ0n) is 9.26. The molecule has 0 spiro atoms. The summed E-state index contributed by atoms with van der Waals surface area (Å²) in [6.45, 7) is 5.85. The van der Waals surface area contributed by atoms with E-state index in [0.29, 0.717) is 0 Å². The Morgan fingerprint density at radius 3 is 3.12 bits per heavy atom. The zero-order chi connectivity index (χ0) is 11.4. The fourth-order valence-electron chi connectivity index (χ4n) is 1.53. The predicted molar refractivity (Wildman–Crippen MR) is 65.7 cm³/mol. The van der Waals surface area contributed by atoms with E-state index in [4.69, 9.17) is 0 Å². The highest BCUT2D eigenvalue weighted by molar-refractivity contribution is 7.99. The summed E-state index contributed by atoms with van der Waals surface area (Å²) in [6.07, 6.45) is 7.48. The van der Waals surface area contributed by atoms with Crippen molar-refractivity contribution in [2.75, 3.05) is 5.75 Å². The first kappa shape index (κ1) is 11.1. The third kappa shape index (κ3) is 2.09. The summed E-state index contributed by atoms with van der Waals surface area (Å²) in [4.78, 5) is 4.40. The Morgan fingerprint density at radius 2 is 2.38 bits per heavy atom. The Hall–Kier alpha value is -1.36. The van der Waals surface area contributed by atoms with Crippen LogP contribution in [-0.4, -0.2) is 25.3 Å². The molecule has 0 aliphatic heterocycles. The van der Waals surface area contributed by atoms with Crippen LogP contribution in [0.4, 0.5) is 0 Å². The van der Waals surface area contributed by atoms with Gasteiger partial charge in [0.2, 0.25) is 0 Å². The lowest BCUT2D eigenvalue weighted by Gasteiger charge is -2.04. The Labute approximate surface area is 98.8 Å². The smallest absolute Gasteiger partial charge is 0.196 e. The molecule has 2 heterocycles. The minimum Gasteiger partial charge on any atom is -0.272 e. The quantitative estimate of drug-likeness (QED) is 0.588. The van der Waals surface area contributed by atoms with Gasteiger partial charge in [-0.2, -0.15) is 5.10 Å². The third-order valence-electron chi connectivity index (χ3n) is 2.19. The summed E-state index contributed by atoms with van der Waals surface area (Å²) in [6, 6.07) is 0. The van der Waals surface area contributed by atoms with E-state index >= 15 is 0 Å². The molecule has 16 heavy (non-hydrogen) atoms. The van der Waals surface area contributed by atoms with Crippen molar-refractivity contribution in [2.24, 2.45) is 0 Å². The maximum absolute atomic E-state index is 4.40. The summed E-state index contributed by atoms with van der Waals surface area (Å²) in [5.41, 5.74) is 1.00. The van der Waals surface area contributed by atoms with Crippen LogP contribution in [-0.2, 0) is 6.42 Å². The lowest BCUT2D eigenvalue weighted by molar-refractivity contribution is 0.741. The molecule has 5 heteroatoms. The van der Waals surface area contributed by atoms with Crippen molar-refractivity contribution >= 4 is 17.3 Å². The van der Waals surface area contributed by atoms with E-state index < -0.39 is 0 Å². The molecule has 0 amide bonds. The topological polar surface area (TPSA) is 43.1 Å². The second-order valence-corrected chi connectivity index (χ2v) is 4.40. The van der Waals surface area contributed by atoms with Crippen LogP contribution in [0.3, 0.4) is 0 Å². The number of nitrogens with zero attached hydrogens (tertiary/aromatic N) is 4. The first-order valence-corrected chi connectivity index (χ1v) is 6.27. The largest absolute Gasteiger partial charge is 0.272 e. The van der Waals surface area contributed by atoms with Crippen LogP contribution in [0.2, 0.25) is 0 Å². The fourth-order valence-corrected chi connectivity index (χ4v) is 2.24. The van der Waals surface area contributed by atoms with Crippen molar-refractivity contribution in [3.8, 4) is 0 Å². The van der Waals surface area contributed by atoms with Crippen molar-refractivity contribution in [3.63, 3.8) is 0 Å². The number of rotatable bonds is 5. The summed E-state index contributed by atoms with van der Waals surface area (Å²) in [5.74, 6) is 1.89. The standard InChI is InChI=1S/C11H14N4S/c1-3-5-10-12-7-9-8-13-14-11(15(9)10)16-6-4-2/h4,7-8H,2-3,5-6H2,1H3. The van der Waals surface area contributed by atoms with Gasteiger partial charge in [-0.1, -0.05) is 24.8 Å². The average Bonchev–Trinajstić information content (AvgIpc) is 2.71. The van der Waals surface area contributed by atoms with Gasteiger partial charge in [0.25, 0.3) is 0 Å². The maximum Gasteiger partial charge on any atom is 0.196 e. The molecule has 0 aliphatic rings. The molecule has 0 saturated carbocycles. The molecule has 0 unspecified atom stereocenters. The second-order valence-electron chi connectivity index (χ2n) is 3.41. The average molecular weight is 234 g/mol. The Kier molecular flexibility index (Phi) is 3.56. The minimum atomic E-state index is 0.831. The Balaban J connectivity index is 2.45. The lowest BCUT2D eigenvalue weighted by atomic mass is 10.3. The molecule has 2 aromatic heterocycles. The predicted octanol–water partition coefficient (Wildman–Crippen LogP) is 2.35. The van der Waals surface area contributed by atoms with Gasteiger partial charge in [0.05, 0.1) is 17.9 Å². The Morgan fingerprint density at radius 1 is 1.50 bits per heavy atom. The van der Waals surface area contributed by atoms with Crippen molar-refractivity contribution < 1.29 is 0 Å². The van der Waals surface area contributed by atoms with Crippen LogP contribution < -0.4 is 0 Å². The van der Waals surface area contributed by atoms with Gasteiger partial charge >= 0.3 is 0 Å². The maximum atomic E-state index is 4.40. The van der Waals surface area contributed by atoms with Crippen molar-refractivity contribution in [1.29, 1.82) is 0 Å². The van der Waals surface area contributed by atoms with Gasteiger partial charge in [0.15, 0.2) is 5.16 Å². The number of fused-ring (bicyclic) bond motifs is 1. The van der Waals surface area contributed by atoms with E-state index in [1.54, 1.807) is 18.0 Å². The van der Waals surface area contributed by atoms with E-state index in [-0.39, 0.29) is 0 Å². The fraction of sp³-hybridized carbons (Fsp3) is 0.364. The van der Waals surface area contributed by atoms with Crippen LogP contribution in [0.5, 0.6) is 0 Å². The van der Waals surface area contributed by atoms with Gasteiger partial charge in [0, 0.05) is 12.2 Å². The van der Waals surface area contributed by atoms with Crippen LogP contribution in [0.1, 0.15) is 19.2 Å². The highest BCUT2D eigenvalue weighted by Crippen LogP contribution is 2.18. The molecular weight excluding hydrogens is 220 g/mol.